The van der Waals surface area contributed by atoms with E-state index in [4.69, 9.17) is 4.74 Å². The molecule has 6 nitrogen and oxygen atoms in total. The number of rotatable bonds is 6. The van der Waals surface area contributed by atoms with Crippen molar-refractivity contribution in [1.29, 1.82) is 0 Å². The van der Waals surface area contributed by atoms with E-state index in [2.05, 4.69) is 43.2 Å². The SMILES string of the molecule is CCC(CC)CN1CCC2(CCCCOC[C@@H](C)NC(=O)[C@H](CC(C)C)NC2=O)CC1. The molecule has 0 unspecified atom stereocenters. The summed E-state index contributed by atoms with van der Waals surface area (Å²) in [7, 11) is 0. The molecule has 2 amide bonds. The zero-order valence-electron chi connectivity index (χ0n) is 20.7. The number of amides is 2. The van der Waals surface area contributed by atoms with E-state index >= 15 is 0 Å². The van der Waals surface area contributed by atoms with Crippen molar-refractivity contribution in [1.82, 2.24) is 15.5 Å². The lowest BCUT2D eigenvalue weighted by Crippen LogP contribution is -2.56. The van der Waals surface area contributed by atoms with E-state index in [-0.39, 0.29) is 23.3 Å². The Morgan fingerprint density at radius 2 is 1.74 bits per heavy atom. The average molecular weight is 438 g/mol. The Kier molecular flexibility index (Phi) is 10.8. The first kappa shape index (κ1) is 26.1. The molecule has 0 aromatic rings. The van der Waals surface area contributed by atoms with E-state index in [1.165, 1.54) is 12.8 Å². The minimum Gasteiger partial charge on any atom is -0.379 e. The number of hydrogen-bond donors (Lipinski definition) is 2. The fourth-order valence-electron chi connectivity index (χ4n) is 4.99. The van der Waals surface area contributed by atoms with E-state index in [0.717, 1.165) is 57.7 Å². The lowest BCUT2D eigenvalue weighted by atomic mass is 9.73. The van der Waals surface area contributed by atoms with Gasteiger partial charge in [-0.2, -0.15) is 0 Å². The van der Waals surface area contributed by atoms with Crippen LogP contribution in [0.5, 0.6) is 0 Å². The molecule has 2 fully saturated rings. The second kappa shape index (κ2) is 12.8. The number of carbonyl (C=O) groups excluding carboxylic acids is 2. The Morgan fingerprint density at radius 3 is 2.35 bits per heavy atom. The summed E-state index contributed by atoms with van der Waals surface area (Å²) in [6.45, 7) is 15.0. The summed E-state index contributed by atoms with van der Waals surface area (Å²) in [5.74, 6) is 1.07. The molecule has 2 rings (SSSR count). The van der Waals surface area contributed by atoms with E-state index in [1.807, 2.05) is 6.92 Å². The summed E-state index contributed by atoms with van der Waals surface area (Å²) >= 11 is 0. The van der Waals surface area contributed by atoms with Gasteiger partial charge in [-0.1, -0.05) is 47.0 Å². The molecule has 0 aromatic heterocycles. The molecule has 0 aromatic carbocycles. The Bertz CT molecular complexity index is 554. The zero-order valence-corrected chi connectivity index (χ0v) is 20.7. The third-order valence-electron chi connectivity index (χ3n) is 7.25. The maximum absolute atomic E-state index is 13.6. The topological polar surface area (TPSA) is 70.7 Å². The molecule has 2 N–H and O–H groups in total. The molecule has 2 heterocycles. The van der Waals surface area contributed by atoms with Crippen molar-refractivity contribution in [3.8, 4) is 0 Å². The third kappa shape index (κ3) is 8.05. The number of nitrogens with one attached hydrogen (secondary N) is 2. The van der Waals surface area contributed by atoms with E-state index < -0.39 is 6.04 Å². The van der Waals surface area contributed by atoms with Crippen molar-refractivity contribution < 1.29 is 14.3 Å². The number of hydrogen-bond acceptors (Lipinski definition) is 4. The minimum absolute atomic E-state index is 0.0536. The number of nitrogens with zero attached hydrogens (tertiary/aromatic N) is 1. The zero-order chi connectivity index (χ0) is 22.9. The molecule has 31 heavy (non-hydrogen) atoms. The summed E-state index contributed by atoms with van der Waals surface area (Å²) in [6, 6.07) is -0.530. The largest absolute Gasteiger partial charge is 0.379 e. The molecule has 1 spiro atoms. The highest BCUT2D eigenvalue weighted by Gasteiger charge is 2.42. The monoisotopic (exact) mass is 437 g/mol. The molecule has 0 bridgehead atoms. The quantitative estimate of drug-likeness (QED) is 0.664. The molecular formula is C25H47N3O3. The highest BCUT2D eigenvalue weighted by atomic mass is 16.5. The summed E-state index contributed by atoms with van der Waals surface area (Å²) in [5.41, 5.74) is -0.362. The average Bonchev–Trinajstić information content (AvgIpc) is 2.74. The number of carbonyl (C=O) groups is 2. The van der Waals surface area contributed by atoms with Gasteiger partial charge in [-0.25, -0.2) is 0 Å². The number of piperidine rings is 1. The third-order valence-corrected chi connectivity index (χ3v) is 7.25. The predicted octanol–water partition coefficient (Wildman–Crippen LogP) is 3.74. The fraction of sp³-hybridized carbons (Fsp3) is 0.920. The molecule has 2 saturated heterocycles. The Morgan fingerprint density at radius 1 is 1.06 bits per heavy atom. The van der Waals surface area contributed by atoms with Crippen molar-refractivity contribution in [2.24, 2.45) is 17.3 Å². The van der Waals surface area contributed by atoms with Crippen molar-refractivity contribution in [2.75, 3.05) is 32.8 Å². The highest BCUT2D eigenvalue weighted by molar-refractivity contribution is 5.90. The van der Waals surface area contributed by atoms with Gasteiger partial charge in [0.05, 0.1) is 12.0 Å². The summed E-state index contributed by atoms with van der Waals surface area (Å²) in [6.07, 6.45) is 7.67. The van der Waals surface area contributed by atoms with Crippen LogP contribution < -0.4 is 10.6 Å². The van der Waals surface area contributed by atoms with Crippen molar-refractivity contribution in [2.45, 2.75) is 98.1 Å². The second-order valence-corrected chi connectivity index (χ2v) is 10.4. The maximum atomic E-state index is 13.6. The molecule has 2 aliphatic heterocycles. The fourth-order valence-corrected chi connectivity index (χ4v) is 4.99. The second-order valence-electron chi connectivity index (χ2n) is 10.4. The van der Waals surface area contributed by atoms with Crippen LogP contribution >= 0.6 is 0 Å². The van der Waals surface area contributed by atoms with Gasteiger partial charge in [0, 0.05) is 19.2 Å². The minimum atomic E-state index is -0.477. The normalized spacial score (nSPS) is 26.8. The Labute approximate surface area is 190 Å². The Balaban J connectivity index is 2.13. The first-order chi connectivity index (χ1) is 14.8. The molecule has 0 aliphatic carbocycles. The van der Waals surface area contributed by atoms with Crippen LogP contribution in [0.1, 0.15) is 86.0 Å². The van der Waals surface area contributed by atoms with Gasteiger partial charge in [0.1, 0.15) is 6.04 Å². The van der Waals surface area contributed by atoms with Gasteiger partial charge in [0.25, 0.3) is 0 Å². The van der Waals surface area contributed by atoms with Crippen LogP contribution in [0.25, 0.3) is 0 Å². The van der Waals surface area contributed by atoms with Gasteiger partial charge in [0.15, 0.2) is 0 Å². The predicted molar refractivity (Wildman–Crippen MR) is 126 cm³/mol. The maximum Gasteiger partial charge on any atom is 0.242 e. The van der Waals surface area contributed by atoms with Crippen LogP contribution in [0.2, 0.25) is 0 Å². The summed E-state index contributed by atoms with van der Waals surface area (Å²) < 4.78 is 5.78. The first-order valence-corrected chi connectivity index (χ1v) is 12.7. The standard InChI is InChI=1S/C25H47N3O3/c1-6-21(7-2)17-28-13-11-25(12-14-28)10-8-9-15-31-18-20(5)26-23(29)22(16-19(3)4)27-24(25)30/h19-22H,6-18H2,1-5H3,(H,26,29)(H,27,30)/t20-,22+/m1/s1. The molecular weight excluding hydrogens is 390 g/mol. The van der Waals surface area contributed by atoms with Crippen molar-refractivity contribution in [3.05, 3.63) is 0 Å². The lowest BCUT2D eigenvalue weighted by molar-refractivity contribution is -0.138. The van der Waals surface area contributed by atoms with Crippen molar-refractivity contribution in [3.63, 3.8) is 0 Å². The molecule has 2 atom stereocenters. The van der Waals surface area contributed by atoms with Gasteiger partial charge in [-0.15, -0.1) is 0 Å². The molecule has 6 heteroatoms. The number of likely N-dealkylation sites (tertiary alicyclic amines) is 1. The molecule has 2 aliphatic rings. The van der Waals surface area contributed by atoms with Gasteiger partial charge < -0.3 is 20.3 Å². The Hall–Kier alpha value is -1.14. The molecule has 180 valence electrons. The summed E-state index contributed by atoms with van der Waals surface area (Å²) in [4.78, 5) is 29.1. The summed E-state index contributed by atoms with van der Waals surface area (Å²) in [5, 5.41) is 6.23. The van der Waals surface area contributed by atoms with Crippen LogP contribution in [0.4, 0.5) is 0 Å². The van der Waals surface area contributed by atoms with E-state index in [0.29, 0.717) is 25.6 Å². The van der Waals surface area contributed by atoms with E-state index in [1.54, 1.807) is 0 Å². The smallest absolute Gasteiger partial charge is 0.242 e. The highest BCUT2D eigenvalue weighted by Crippen LogP contribution is 2.38. The van der Waals surface area contributed by atoms with Crippen molar-refractivity contribution >= 4 is 11.8 Å². The van der Waals surface area contributed by atoms with Gasteiger partial charge in [-0.3, -0.25) is 9.59 Å². The van der Waals surface area contributed by atoms with Crippen LogP contribution in [-0.2, 0) is 14.3 Å². The first-order valence-electron chi connectivity index (χ1n) is 12.7. The lowest BCUT2D eigenvalue weighted by Gasteiger charge is -2.42. The van der Waals surface area contributed by atoms with Crippen LogP contribution in [0.15, 0.2) is 0 Å². The van der Waals surface area contributed by atoms with E-state index in [9.17, 15) is 9.59 Å². The number of ether oxygens (including phenoxy) is 1. The van der Waals surface area contributed by atoms with Gasteiger partial charge >= 0.3 is 0 Å². The van der Waals surface area contributed by atoms with Crippen LogP contribution in [0, 0.1) is 17.3 Å². The van der Waals surface area contributed by atoms with Gasteiger partial charge in [-0.05, 0) is 64.0 Å². The van der Waals surface area contributed by atoms with Crippen LogP contribution in [0.3, 0.4) is 0 Å². The molecule has 0 radical (unpaired) electrons. The molecule has 0 saturated carbocycles. The van der Waals surface area contributed by atoms with Gasteiger partial charge in [0.2, 0.25) is 11.8 Å². The van der Waals surface area contributed by atoms with Crippen LogP contribution in [-0.4, -0.2) is 61.6 Å².